The molecule has 13 heavy (non-hydrogen) atoms. The summed E-state index contributed by atoms with van der Waals surface area (Å²) in [5.74, 6) is -0.331. The van der Waals surface area contributed by atoms with E-state index in [9.17, 15) is 9.18 Å². The summed E-state index contributed by atoms with van der Waals surface area (Å²) in [5, 5.41) is 2.40. The second-order valence-corrected chi connectivity index (χ2v) is 3.32. The molecule has 1 aromatic rings. The smallest absolute Gasteiger partial charge is 0.312 e. The third kappa shape index (κ3) is 3.02. The van der Waals surface area contributed by atoms with Crippen molar-refractivity contribution in [3.05, 3.63) is 34.1 Å². The predicted molar refractivity (Wildman–Crippen MR) is 50.5 cm³/mol. The molecule has 1 rings (SSSR count). The first kappa shape index (κ1) is 9.98. The Labute approximate surface area is 83.2 Å². The lowest BCUT2D eigenvalue weighted by molar-refractivity contribution is 0.248. The molecule has 0 bridgehead atoms. The zero-order valence-corrected chi connectivity index (χ0v) is 8.27. The molecule has 0 fully saturated rings. The molecule has 5 heteroatoms. The lowest BCUT2D eigenvalue weighted by atomic mass is 10.2. The highest BCUT2D eigenvalue weighted by molar-refractivity contribution is 9.10. The molecular formula is C8H8BrFN2O. The second-order valence-electron chi connectivity index (χ2n) is 2.47. The van der Waals surface area contributed by atoms with E-state index in [1.807, 2.05) is 0 Å². The van der Waals surface area contributed by atoms with E-state index >= 15 is 0 Å². The summed E-state index contributed by atoms with van der Waals surface area (Å²) in [6.45, 7) is 0.300. The van der Waals surface area contributed by atoms with Crippen LogP contribution in [0, 0.1) is 5.82 Å². The Morgan fingerprint density at radius 3 is 2.85 bits per heavy atom. The van der Waals surface area contributed by atoms with Gasteiger partial charge in [-0.3, -0.25) is 0 Å². The summed E-state index contributed by atoms with van der Waals surface area (Å²) in [6.07, 6.45) is 0. The van der Waals surface area contributed by atoms with Crippen LogP contribution in [0.15, 0.2) is 22.7 Å². The van der Waals surface area contributed by atoms with Crippen molar-refractivity contribution in [2.75, 3.05) is 0 Å². The second kappa shape index (κ2) is 4.23. The first-order valence-electron chi connectivity index (χ1n) is 3.57. The van der Waals surface area contributed by atoms with Crippen molar-refractivity contribution in [1.29, 1.82) is 0 Å². The zero-order valence-electron chi connectivity index (χ0n) is 6.68. The van der Waals surface area contributed by atoms with E-state index in [4.69, 9.17) is 5.73 Å². The van der Waals surface area contributed by atoms with E-state index in [1.54, 1.807) is 12.1 Å². The molecule has 0 aliphatic rings. The Bertz CT molecular complexity index is 330. The Balaban J connectivity index is 2.68. The molecular weight excluding hydrogens is 239 g/mol. The number of carbonyl (C=O) groups is 1. The molecule has 0 atom stereocenters. The van der Waals surface area contributed by atoms with Gasteiger partial charge in [0, 0.05) is 6.54 Å². The van der Waals surface area contributed by atoms with Crippen LogP contribution in [0.3, 0.4) is 0 Å². The number of urea groups is 1. The normalized spacial score (nSPS) is 9.69. The predicted octanol–water partition coefficient (Wildman–Crippen LogP) is 1.76. The monoisotopic (exact) mass is 246 g/mol. The van der Waals surface area contributed by atoms with Crippen molar-refractivity contribution in [2.45, 2.75) is 6.54 Å². The largest absolute Gasteiger partial charge is 0.352 e. The van der Waals surface area contributed by atoms with Crippen molar-refractivity contribution >= 4 is 22.0 Å². The summed E-state index contributed by atoms with van der Waals surface area (Å²) < 4.78 is 13.1. The molecule has 0 saturated carbocycles. The molecule has 3 nitrogen and oxygen atoms in total. The molecule has 0 heterocycles. The van der Waals surface area contributed by atoms with E-state index in [1.165, 1.54) is 6.07 Å². The minimum atomic E-state index is -0.597. The topological polar surface area (TPSA) is 55.1 Å². The molecule has 0 spiro atoms. The van der Waals surface area contributed by atoms with Crippen molar-refractivity contribution in [3.8, 4) is 0 Å². The van der Waals surface area contributed by atoms with Crippen molar-refractivity contribution in [2.24, 2.45) is 5.73 Å². The quantitative estimate of drug-likeness (QED) is 0.821. The Hall–Kier alpha value is -1.10. The average molecular weight is 247 g/mol. The summed E-state index contributed by atoms with van der Waals surface area (Å²) in [5.41, 5.74) is 5.66. The number of rotatable bonds is 2. The Morgan fingerprint density at radius 2 is 2.31 bits per heavy atom. The van der Waals surface area contributed by atoms with Gasteiger partial charge in [-0.25, -0.2) is 9.18 Å². The van der Waals surface area contributed by atoms with Crippen LogP contribution in [0.2, 0.25) is 0 Å². The number of benzene rings is 1. The highest BCUT2D eigenvalue weighted by atomic mass is 79.9. The number of nitrogens with two attached hydrogens (primary N) is 1. The highest BCUT2D eigenvalue weighted by Gasteiger charge is 2.00. The van der Waals surface area contributed by atoms with Crippen LogP contribution in [0.25, 0.3) is 0 Å². The molecule has 0 radical (unpaired) electrons. The Kier molecular flexibility index (Phi) is 3.25. The first-order valence-corrected chi connectivity index (χ1v) is 4.36. The SMILES string of the molecule is NC(=O)NCc1ccc(F)c(Br)c1. The number of hydrogen-bond acceptors (Lipinski definition) is 1. The van der Waals surface area contributed by atoms with E-state index < -0.39 is 6.03 Å². The van der Waals surface area contributed by atoms with E-state index in [-0.39, 0.29) is 5.82 Å². The highest BCUT2D eigenvalue weighted by Crippen LogP contribution is 2.16. The molecule has 1 aromatic carbocycles. The maximum absolute atomic E-state index is 12.7. The fraction of sp³-hybridized carbons (Fsp3) is 0.125. The van der Waals surface area contributed by atoms with Gasteiger partial charge in [-0.1, -0.05) is 6.07 Å². The van der Waals surface area contributed by atoms with Gasteiger partial charge in [0.2, 0.25) is 0 Å². The third-order valence-corrected chi connectivity index (χ3v) is 2.06. The minimum Gasteiger partial charge on any atom is -0.352 e. The van der Waals surface area contributed by atoms with E-state index in [2.05, 4.69) is 21.2 Å². The van der Waals surface area contributed by atoms with Crippen LogP contribution in [0.5, 0.6) is 0 Å². The average Bonchev–Trinajstić information content (AvgIpc) is 2.07. The number of hydrogen-bond donors (Lipinski definition) is 2. The summed E-state index contributed by atoms with van der Waals surface area (Å²) in [4.78, 5) is 10.3. The van der Waals surface area contributed by atoms with Crippen LogP contribution in [-0.2, 0) is 6.54 Å². The fourth-order valence-corrected chi connectivity index (χ4v) is 1.26. The number of carbonyl (C=O) groups excluding carboxylic acids is 1. The van der Waals surface area contributed by atoms with Gasteiger partial charge in [0.1, 0.15) is 5.82 Å². The first-order chi connectivity index (χ1) is 6.09. The molecule has 2 amide bonds. The number of nitrogens with one attached hydrogen (secondary N) is 1. The van der Waals surface area contributed by atoms with Gasteiger partial charge < -0.3 is 11.1 Å². The Morgan fingerprint density at radius 1 is 1.62 bits per heavy atom. The van der Waals surface area contributed by atoms with Gasteiger partial charge in [-0.15, -0.1) is 0 Å². The van der Waals surface area contributed by atoms with E-state index in [0.717, 1.165) is 5.56 Å². The van der Waals surface area contributed by atoms with Gasteiger partial charge in [-0.2, -0.15) is 0 Å². The molecule has 70 valence electrons. The van der Waals surface area contributed by atoms with Crippen LogP contribution in [0.4, 0.5) is 9.18 Å². The van der Waals surface area contributed by atoms with Crippen LogP contribution >= 0.6 is 15.9 Å². The number of halogens is 2. The summed E-state index contributed by atoms with van der Waals surface area (Å²) in [6, 6.07) is 3.89. The maximum Gasteiger partial charge on any atom is 0.312 e. The fourth-order valence-electron chi connectivity index (χ4n) is 0.839. The van der Waals surface area contributed by atoms with Crippen LogP contribution in [-0.4, -0.2) is 6.03 Å². The number of primary amides is 1. The maximum atomic E-state index is 12.7. The zero-order chi connectivity index (χ0) is 9.84. The van der Waals surface area contributed by atoms with Crippen molar-refractivity contribution in [1.82, 2.24) is 5.32 Å². The van der Waals surface area contributed by atoms with Crippen LogP contribution in [0.1, 0.15) is 5.56 Å². The van der Waals surface area contributed by atoms with E-state index in [0.29, 0.717) is 11.0 Å². The molecule has 0 saturated heterocycles. The molecule has 0 unspecified atom stereocenters. The van der Waals surface area contributed by atoms with Gasteiger partial charge in [0.15, 0.2) is 0 Å². The third-order valence-electron chi connectivity index (χ3n) is 1.45. The van der Waals surface area contributed by atoms with Crippen molar-refractivity contribution in [3.63, 3.8) is 0 Å². The molecule has 0 aliphatic carbocycles. The van der Waals surface area contributed by atoms with Crippen molar-refractivity contribution < 1.29 is 9.18 Å². The molecule has 3 N–H and O–H groups in total. The van der Waals surface area contributed by atoms with Gasteiger partial charge in [-0.05, 0) is 33.6 Å². The molecule has 0 aliphatic heterocycles. The number of amides is 2. The van der Waals surface area contributed by atoms with Gasteiger partial charge in [0.05, 0.1) is 4.47 Å². The summed E-state index contributed by atoms with van der Waals surface area (Å²) in [7, 11) is 0. The summed E-state index contributed by atoms with van der Waals surface area (Å²) >= 11 is 3.03. The minimum absolute atomic E-state index is 0.300. The lowest BCUT2D eigenvalue weighted by Gasteiger charge is -2.02. The standard InChI is InChI=1S/C8H8BrFN2O/c9-6-3-5(1-2-7(6)10)4-12-8(11)13/h1-3H,4H2,(H3,11,12,13). The van der Waals surface area contributed by atoms with Crippen LogP contribution < -0.4 is 11.1 Å². The lowest BCUT2D eigenvalue weighted by Crippen LogP contribution is -2.28. The molecule has 0 aromatic heterocycles. The van der Waals surface area contributed by atoms with Gasteiger partial charge >= 0.3 is 6.03 Å². The van der Waals surface area contributed by atoms with Gasteiger partial charge in [0.25, 0.3) is 0 Å².